The van der Waals surface area contributed by atoms with Crippen molar-refractivity contribution in [2.75, 3.05) is 6.79 Å². The number of carbonyl (C=O) groups is 2. The third-order valence-electron chi connectivity index (χ3n) is 3.91. The lowest BCUT2D eigenvalue weighted by Crippen LogP contribution is -2.23. The highest BCUT2D eigenvalue weighted by Gasteiger charge is 2.23. The van der Waals surface area contributed by atoms with Crippen molar-refractivity contribution in [1.82, 2.24) is 0 Å². The van der Waals surface area contributed by atoms with E-state index in [1.807, 2.05) is 0 Å². The molecule has 0 fully saturated rings. The summed E-state index contributed by atoms with van der Waals surface area (Å²) in [6.07, 6.45) is 1.20. The number of fused-ring (bicyclic) bond motifs is 1. The summed E-state index contributed by atoms with van der Waals surface area (Å²) in [5.41, 5.74) is 0.238. The Bertz CT molecular complexity index is 969. The Morgan fingerprint density at radius 2 is 1.86 bits per heavy atom. The molecule has 3 rings (SSSR count). The fourth-order valence-corrected chi connectivity index (χ4v) is 2.64. The normalized spacial score (nSPS) is 13.4. The van der Waals surface area contributed by atoms with Crippen molar-refractivity contribution in [1.29, 1.82) is 0 Å². The molecule has 0 radical (unpaired) electrons. The molecule has 0 aliphatic carbocycles. The summed E-state index contributed by atoms with van der Waals surface area (Å²) in [6, 6.07) is 8.79. The Kier molecular flexibility index (Phi) is 5.60. The summed E-state index contributed by atoms with van der Waals surface area (Å²) < 4.78 is 15.4. The molecule has 0 aromatic heterocycles. The molecule has 2 aromatic rings. The summed E-state index contributed by atoms with van der Waals surface area (Å²) in [4.78, 5) is 34.9. The summed E-state index contributed by atoms with van der Waals surface area (Å²) in [5.74, 6) is -0.618. The molecule has 28 heavy (non-hydrogen) atoms. The zero-order valence-corrected chi connectivity index (χ0v) is 15.3. The SMILES string of the molecule is C[C@@H](OC(=O)/C=C/c1cc2c(cc1[N+](=O)[O-])OCO2)C(=O)c1ccc(Cl)cc1. The van der Waals surface area contributed by atoms with E-state index in [0.717, 1.165) is 6.08 Å². The quantitative estimate of drug-likeness (QED) is 0.237. The number of ether oxygens (including phenoxy) is 3. The van der Waals surface area contributed by atoms with Gasteiger partial charge in [0.05, 0.1) is 16.6 Å². The number of hydrogen-bond donors (Lipinski definition) is 0. The fourth-order valence-electron chi connectivity index (χ4n) is 2.51. The first-order valence-corrected chi connectivity index (χ1v) is 8.49. The van der Waals surface area contributed by atoms with E-state index < -0.39 is 22.8 Å². The van der Waals surface area contributed by atoms with Gasteiger partial charge < -0.3 is 14.2 Å². The number of benzene rings is 2. The molecule has 0 amide bonds. The molecule has 0 unspecified atom stereocenters. The molecule has 2 aromatic carbocycles. The van der Waals surface area contributed by atoms with Crippen LogP contribution in [0.4, 0.5) is 5.69 Å². The lowest BCUT2D eigenvalue weighted by atomic mass is 10.1. The zero-order chi connectivity index (χ0) is 20.3. The number of ketones is 1. The molecule has 0 saturated carbocycles. The van der Waals surface area contributed by atoms with Crippen LogP contribution < -0.4 is 9.47 Å². The number of halogens is 1. The van der Waals surface area contributed by atoms with E-state index in [1.54, 1.807) is 12.1 Å². The van der Waals surface area contributed by atoms with Crippen LogP contribution in [-0.2, 0) is 9.53 Å². The van der Waals surface area contributed by atoms with E-state index in [9.17, 15) is 19.7 Å². The van der Waals surface area contributed by atoms with E-state index >= 15 is 0 Å². The second kappa shape index (κ2) is 8.10. The highest BCUT2D eigenvalue weighted by Crippen LogP contribution is 2.38. The maximum atomic E-state index is 12.3. The van der Waals surface area contributed by atoms with Crippen LogP contribution in [-0.4, -0.2) is 29.6 Å². The van der Waals surface area contributed by atoms with Crippen molar-refractivity contribution in [2.24, 2.45) is 0 Å². The van der Waals surface area contributed by atoms with E-state index in [1.165, 1.54) is 37.3 Å². The van der Waals surface area contributed by atoms with Crippen LogP contribution in [0.1, 0.15) is 22.8 Å². The van der Waals surface area contributed by atoms with Crippen molar-refractivity contribution >= 4 is 35.1 Å². The van der Waals surface area contributed by atoms with Gasteiger partial charge in [-0.15, -0.1) is 0 Å². The van der Waals surface area contributed by atoms with Gasteiger partial charge in [0.15, 0.2) is 17.6 Å². The van der Waals surface area contributed by atoms with Gasteiger partial charge in [-0.2, -0.15) is 0 Å². The summed E-state index contributed by atoms with van der Waals surface area (Å²) >= 11 is 5.78. The maximum Gasteiger partial charge on any atom is 0.331 e. The first-order valence-electron chi connectivity index (χ1n) is 8.11. The van der Waals surface area contributed by atoms with Crippen LogP contribution in [0.5, 0.6) is 11.5 Å². The average Bonchev–Trinajstić information content (AvgIpc) is 3.13. The third kappa shape index (κ3) is 4.29. The number of rotatable bonds is 6. The predicted molar refractivity (Wildman–Crippen MR) is 99.6 cm³/mol. The van der Waals surface area contributed by atoms with Gasteiger partial charge in [-0.25, -0.2) is 4.79 Å². The molecule has 1 aliphatic rings. The van der Waals surface area contributed by atoms with Gasteiger partial charge in [0.1, 0.15) is 0 Å². The van der Waals surface area contributed by atoms with Crippen molar-refractivity contribution in [3.63, 3.8) is 0 Å². The van der Waals surface area contributed by atoms with Crippen molar-refractivity contribution < 1.29 is 28.7 Å². The number of nitro groups is 1. The molecule has 0 bridgehead atoms. The third-order valence-corrected chi connectivity index (χ3v) is 4.16. The van der Waals surface area contributed by atoms with Crippen LogP contribution in [0.25, 0.3) is 6.08 Å². The second-order valence-electron chi connectivity index (χ2n) is 5.80. The summed E-state index contributed by atoms with van der Waals surface area (Å²) in [5, 5.41) is 11.7. The molecule has 1 heterocycles. The highest BCUT2D eigenvalue weighted by atomic mass is 35.5. The highest BCUT2D eigenvalue weighted by molar-refractivity contribution is 6.30. The van der Waals surface area contributed by atoms with E-state index in [-0.39, 0.29) is 23.8 Å². The molecule has 144 valence electrons. The Morgan fingerprint density at radius 3 is 2.50 bits per heavy atom. The van der Waals surface area contributed by atoms with Gasteiger partial charge in [-0.1, -0.05) is 11.6 Å². The maximum absolute atomic E-state index is 12.3. The minimum atomic E-state index is -1.04. The van der Waals surface area contributed by atoms with E-state index in [0.29, 0.717) is 16.3 Å². The minimum Gasteiger partial charge on any atom is -0.454 e. The van der Waals surface area contributed by atoms with E-state index in [2.05, 4.69) is 0 Å². The second-order valence-corrected chi connectivity index (χ2v) is 6.24. The molecule has 0 saturated heterocycles. The lowest BCUT2D eigenvalue weighted by Gasteiger charge is -2.10. The topological polar surface area (TPSA) is 105 Å². The largest absolute Gasteiger partial charge is 0.454 e. The number of Topliss-reactive ketones (excluding diaryl/α,β-unsaturated/α-hetero) is 1. The first-order chi connectivity index (χ1) is 13.3. The Balaban J connectivity index is 1.71. The van der Waals surface area contributed by atoms with Gasteiger partial charge >= 0.3 is 5.97 Å². The molecule has 0 N–H and O–H groups in total. The van der Waals surface area contributed by atoms with Gasteiger partial charge in [0, 0.05) is 16.7 Å². The van der Waals surface area contributed by atoms with Crippen LogP contribution in [0, 0.1) is 10.1 Å². The smallest absolute Gasteiger partial charge is 0.331 e. The Hall–Kier alpha value is -3.39. The van der Waals surface area contributed by atoms with Gasteiger partial charge in [-0.05, 0) is 43.3 Å². The summed E-state index contributed by atoms with van der Waals surface area (Å²) in [7, 11) is 0. The minimum absolute atomic E-state index is 0.0357. The Labute approximate surface area is 164 Å². The number of esters is 1. The van der Waals surface area contributed by atoms with Crippen molar-refractivity contribution in [3.8, 4) is 11.5 Å². The molecule has 8 nitrogen and oxygen atoms in total. The van der Waals surface area contributed by atoms with Gasteiger partial charge in [0.2, 0.25) is 12.6 Å². The van der Waals surface area contributed by atoms with E-state index in [4.69, 9.17) is 25.8 Å². The number of nitro benzene ring substituents is 1. The molecular formula is C19H14ClNO7. The lowest BCUT2D eigenvalue weighted by molar-refractivity contribution is -0.385. The molecule has 1 aliphatic heterocycles. The molecule has 1 atom stereocenters. The van der Waals surface area contributed by atoms with Crippen LogP contribution in [0.15, 0.2) is 42.5 Å². The zero-order valence-electron chi connectivity index (χ0n) is 14.6. The summed E-state index contributed by atoms with van der Waals surface area (Å²) in [6.45, 7) is 1.40. The van der Waals surface area contributed by atoms with Crippen LogP contribution >= 0.6 is 11.6 Å². The number of nitrogens with zero attached hydrogens (tertiary/aromatic N) is 1. The Morgan fingerprint density at radius 1 is 1.21 bits per heavy atom. The van der Waals surface area contributed by atoms with Crippen molar-refractivity contribution in [3.05, 3.63) is 68.7 Å². The number of hydrogen-bond acceptors (Lipinski definition) is 7. The molecule has 9 heteroatoms. The van der Waals surface area contributed by atoms with Crippen LogP contribution in [0.3, 0.4) is 0 Å². The molecule has 0 spiro atoms. The van der Waals surface area contributed by atoms with Gasteiger partial charge in [0.25, 0.3) is 5.69 Å². The fraction of sp³-hybridized carbons (Fsp3) is 0.158. The van der Waals surface area contributed by atoms with Crippen LogP contribution in [0.2, 0.25) is 5.02 Å². The standard InChI is InChI=1S/C19H14ClNO7/c1-11(19(23)12-2-5-14(20)6-3-12)28-18(22)7-4-13-8-16-17(27-10-26-16)9-15(13)21(24)25/h2-9,11H,10H2,1H3/b7-4+/t11-/m1/s1. The first kappa shape index (κ1) is 19.4. The number of carbonyl (C=O) groups excluding carboxylic acids is 2. The van der Waals surface area contributed by atoms with Crippen molar-refractivity contribution in [2.45, 2.75) is 13.0 Å². The van der Waals surface area contributed by atoms with Gasteiger partial charge in [-0.3, -0.25) is 14.9 Å². The molecular weight excluding hydrogens is 390 g/mol. The monoisotopic (exact) mass is 403 g/mol. The predicted octanol–water partition coefficient (Wildman–Crippen LogP) is 3.80. The average molecular weight is 404 g/mol.